The van der Waals surface area contributed by atoms with Crippen molar-refractivity contribution in [1.82, 2.24) is 4.98 Å². The van der Waals surface area contributed by atoms with Crippen molar-refractivity contribution in [3.8, 4) is 10.6 Å². The largest absolute Gasteiger partial charge is 0.438 e. The van der Waals surface area contributed by atoms with Gasteiger partial charge in [0.05, 0.1) is 20.9 Å². The van der Waals surface area contributed by atoms with Crippen LogP contribution >= 0.6 is 27.3 Å². The van der Waals surface area contributed by atoms with E-state index < -0.39 is 0 Å². The molecule has 0 aromatic carbocycles. The molecule has 3 nitrogen and oxygen atoms in total. The van der Waals surface area contributed by atoms with Crippen LogP contribution in [0.5, 0.6) is 0 Å². The lowest BCUT2D eigenvalue weighted by Crippen LogP contribution is -2.04. The molecule has 0 fully saturated rings. The molecule has 0 radical (unpaired) electrons. The summed E-state index contributed by atoms with van der Waals surface area (Å²) in [5, 5.41) is 0. The number of thiophene rings is 1. The van der Waals surface area contributed by atoms with Gasteiger partial charge in [-0.05, 0) is 35.0 Å². The van der Waals surface area contributed by atoms with Gasteiger partial charge in [-0.3, -0.25) is 0 Å². The van der Waals surface area contributed by atoms with Gasteiger partial charge in [0, 0.05) is 0 Å². The fourth-order valence-electron chi connectivity index (χ4n) is 1.06. The fraction of sp³-hybridized carbons (Fsp3) is 0.222. The van der Waals surface area contributed by atoms with E-state index in [0.29, 0.717) is 5.89 Å². The van der Waals surface area contributed by atoms with Crippen molar-refractivity contribution in [2.24, 2.45) is 5.73 Å². The van der Waals surface area contributed by atoms with Crippen LogP contribution in [0.25, 0.3) is 10.6 Å². The second-order valence-corrected chi connectivity index (χ2v) is 5.42. The van der Waals surface area contributed by atoms with Crippen molar-refractivity contribution in [3.05, 3.63) is 28.0 Å². The molecule has 14 heavy (non-hydrogen) atoms. The molecular weight excluding hydrogens is 264 g/mol. The number of oxazole rings is 1. The van der Waals surface area contributed by atoms with Crippen LogP contribution in [-0.2, 0) is 0 Å². The average molecular weight is 273 g/mol. The van der Waals surface area contributed by atoms with E-state index in [0.717, 1.165) is 14.4 Å². The monoisotopic (exact) mass is 272 g/mol. The topological polar surface area (TPSA) is 52.0 Å². The number of halogens is 1. The standard InChI is InChI=1S/C9H9BrN2OS/c1-5(11)9-12-4-6(13-9)7-2-3-8(10)14-7/h2-5H,11H2,1H3. The minimum absolute atomic E-state index is 0.160. The molecule has 2 aromatic rings. The third kappa shape index (κ3) is 1.89. The predicted molar refractivity (Wildman–Crippen MR) is 60.1 cm³/mol. The van der Waals surface area contributed by atoms with Crippen molar-refractivity contribution in [2.45, 2.75) is 13.0 Å². The number of hydrogen-bond acceptors (Lipinski definition) is 4. The summed E-state index contributed by atoms with van der Waals surface area (Å²) in [6.45, 7) is 1.85. The normalized spacial score (nSPS) is 13.1. The summed E-state index contributed by atoms with van der Waals surface area (Å²) in [6, 6.07) is 3.81. The molecule has 0 aliphatic rings. The molecule has 74 valence electrons. The van der Waals surface area contributed by atoms with Crippen molar-refractivity contribution < 1.29 is 4.42 Å². The molecule has 2 N–H and O–H groups in total. The summed E-state index contributed by atoms with van der Waals surface area (Å²) in [6.07, 6.45) is 1.71. The third-order valence-corrected chi connectivity index (χ3v) is 3.37. The van der Waals surface area contributed by atoms with Gasteiger partial charge in [0.1, 0.15) is 0 Å². The summed E-state index contributed by atoms with van der Waals surface area (Å²) >= 11 is 5.00. The molecule has 5 heteroatoms. The smallest absolute Gasteiger partial charge is 0.211 e. The lowest BCUT2D eigenvalue weighted by atomic mass is 10.4. The van der Waals surface area contributed by atoms with Crippen LogP contribution in [0, 0.1) is 0 Å². The summed E-state index contributed by atoms with van der Waals surface area (Å²) in [5.74, 6) is 1.34. The van der Waals surface area contributed by atoms with E-state index in [9.17, 15) is 0 Å². The molecular formula is C9H9BrN2OS. The molecule has 2 heterocycles. The maximum atomic E-state index is 5.65. The van der Waals surface area contributed by atoms with Crippen LogP contribution in [0.3, 0.4) is 0 Å². The Bertz CT molecular complexity index is 435. The molecule has 1 atom stereocenters. The fourth-order valence-corrected chi connectivity index (χ4v) is 2.39. The highest BCUT2D eigenvalue weighted by molar-refractivity contribution is 9.11. The van der Waals surface area contributed by atoms with Gasteiger partial charge in [-0.2, -0.15) is 0 Å². The van der Waals surface area contributed by atoms with Crippen LogP contribution in [0.4, 0.5) is 0 Å². The molecule has 0 saturated heterocycles. The summed E-state index contributed by atoms with van der Waals surface area (Å²) < 4.78 is 6.57. The zero-order valence-corrected chi connectivity index (χ0v) is 9.93. The van der Waals surface area contributed by atoms with Crippen LogP contribution in [0.2, 0.25) is 0 Å². The summed E-state index contributed by atoms with van der Waals surface area (Å²) in [7, 11) is 0. The third-order valence-electron chi connectivity index (χ3n) is 1.73. The van der Waals surface area contributed by atoms with E-state index in [1.165, 1.54) is 0 Å². The molecule has 0 spiro atoms. The van der Waals surface area contributed by atoms with Crippen LogP contribution < -0.4 is 5.73 Å². The first kappa shape index (κ1) is 9.89. The molecule has 1 unspecified atom stereocenters. The number of nitrogens with zero attached hydrogens (tertiary/aromatic N) is 1. The molecule has 2 rings (SSSR count). The Labute approximate surface area is 94.1 Å². The number of aromatic nitrogens is 1. The molecule has 0 saturated carbocycles. The van der Waals surface area contributed by atoms with Gasteiger partial charge in [-0.1, -0.05) is 0 Å². The van der Waals surface area contributed by atoms with Gasteiger partial charge in [0.25, 0.3) is 0 Å². The molecule has 0 aliphatic heterocycles. The van der Waals surface area contributed by atoms with Gasteiger partial charge in [-0.15, -0.1) is 11.3 Å². The quantitative estimate of drug-likeness (QED) is 0.914. The Hall–Kier alpha value is -0.650. The number of nitrogens with two attached hydrogens (primary N) is 1. The van der Waals surface area contributed by atoms with Gasteiger partial charge in [-0.25, -0.2) is 4.98 Å². The zero-order valence-electron chi connectivity index (χ0n) is 7.53. The van der Waals surface area contributed by atoms with Crippen molar-refractivity contribution in [1.29, 1.82) is 0 Å². The first-order valence-corrected chi connectivity index (χ1v) is 5.75. The predicted octanol–water partition coefficient (Wildman–Crippen LogP) is 3.19. The molecule has 0 aliphatic carbocycles. The minimum Gasteiger partial charge on any atom is -0.438 e. The minimum atomic E-state index is -0.160. The SMILES string of the molecule is CC(N)c1ncc(-c2ccc(Br)s2)o1. The van der Waals surface area contributed by atoms with Gasteiger partial charge in [0.2, 0.25) is 5.89 Å². The van der Waals surface area contributed by atoms with E-state index in [1.807, 2.05) is 19.1 Å². The highest BCUT2D eigenvalue weighted by atomic mass is 79.9. The lowest BCUT2D eigenvalue weighted by Gasteiger charge is -1.95. The van der Waals surface area contributed by atoms with Crippen LogP contribution in [0.15, 0.2) is 26.5 Å². The van der Waals surface area contributed by atoms with E-state index in [-0.39, 0.29) is 6.04 Å². The van der Waals surface area contributed by atoms with Crippen molar-refractivity contribution >= 4 is 27.3 Å². The van der Waals surface area contributed by atoms with Crippen molar-refractivity contribution in [2.75, 3.05) is 0 Å². The Kier molecular flexibility index (Phi) is 2.71. The Morgan fingerprint density at radius 1 is 1.57 bits per heavy atom. The number of hydrogen-bond donors (Lipinski definition) is 1. The Morgan fingerprint density at radius 2 is 2.36 bits per heavy atom. The Balaban J connectivity index is 2.33. The van der Waals surface area contributed by atoms with Gasteiger partial charge >= 0.3 is 0 Å². The second kappa shape index (κ2) is 3.84. The van der Waals surface area contributed by atoms with Gasteiger partial charge in [0.15, 0.2) is 5.76 Å². The van der Waals surface area contributed by atoms with Crippen LogP contribution in [0.1, 0.15) is 18.9 Å². The average Bonchev–Trinajstić information content (AvgIpc) is 2.70. The first-order chi connectivity index (χ1) is 6.66. The van der Waals surface area contributed by atoms with E-state index in [4.69, 9.17) is 10.2 Å². The highest BCUT2D eigenvalue weighted by Gasteiger charge is 2.10. The summed E-state index contributed by atoms with van der Waals surface area (Å²) in [5.41, 5.74) is 5.65. The maximum Gasteiger partial charge on any atom is 0.211 e. The molecule has 2 aromatic heterocycles. The van der Waals surface area contributed by atoms with Gasteiger partial charge < -0.3 is 10.2 Å². The Morgan fingerprint density at radius 3 is 2.86 bits per heavy atom. The lowest BCUT2D eigenvalue weighted by molar-refractivity contribution is 0.474. The molecule has 0 bridgehead atoms. The van der Waals surface area contributed by atoms with Crippen LogP contribution in [-0.4, -0.2) is 4.98 Å². The van der Waals surface area contributed by atoms with E-state index >= 15 is 0 Å². The first-order valence-electron chi connectivity index (χ1n) is 4.14. The summed E-state index contributed by atoms with van der Waals surface area (Å²) in [4.78, 5) is 5.15. The van der Waals surface area contributed by atoms with E-state index in [2.05, 4.69) is 20.9 Å². The van der Waals surface area contributed by atoms with Crippen molar-refractivity contribution in [3.63, 3.8) is 0 Å². The zero-order chi connectivity index (χ0) is 10.1. The number of rotatable bonds is 2. The molecule has 0 amide bonds. The second-order valence-electron chi connectivity index (χ2n) is 2.96. The van der Waals surface area contributed by atoms with E-state index in [1.54, 1.807) is 17.5 Å². The maximum absolute atomic E-state index is 5.65. The highest BCUT2D eigenvalue weighted by Crippen LogP contribution is 2.32.